The van der Waals surface area contributed by atoms with Crippen molar-refractivity contribution in [2.75, 3.05) is 14.2 Å². The van der Waals surface area contributed by atoms with Gasteiger partial charge in [0.05, 0.1) is 0 Å². The predicted octanol–water partition coefficient (Wildman–Crippen LogP) is 3.92. The third-order valence-corrected chi connectivity index (χ3v) is 5.17. The van der Waals surface area contributed by atoms with Crippen LogP contribution in [0.15, 0.2) is 12.2 Å². The van der Waals surface area contributed by atoms with E-state index in [-0.39, 0.29) is 6.29 Å². The first kappa shape index (κ1) is 14.9. The van der Waals surface area contributed by atoms with Gasteiger partial charge >= 0.3 is 0 Å². The average molecular weight is 256 g/mol. The van der Waals surface area contributed by atoms with E-state index in [1.807, 2.05) is 0 Å². The zero-order valence-electron chi connectivity index (χ0n) is 12.1. The van der Waals surface area contributed by atoms with Gasteiger partial charge in [-0.2, -0.15) is 0 Å². The Hall–Kier alpha value is -0.123. The lowest BCUT2D eigenvalue weighted by Gasteiger charge is -2.23. The van der Waals surface area contributed by atoms with Crippen LogP contribution < -0.4 is 0 Å². The fourth-order valence-corrected chi connectivity index (χ4v) is 4.59. The molecule has 0 amide bonds. The molecule has 0 aromatic rings. The molecule has 0 aliphatic heterocycles. The molecule has 1 fully saturated rings. The molecule has 0 aromatic heterocycles. The second-order valence-electron chi connectivity index (χ2n) is 6.51. The van der Waals surface area contributed by atoms with Gasteiger partial charge in [0.2, 0.25) is 0 Å². The average Bonchev–Trinajstić information content (AvgIpc) is 2.66. The van der Waals surface area contributed by atoms with Crippen molar-refractivity contribution >= 4 is 8.07 Å². The summed E-state index contributed by atoms with van der Waals surface area (Å²) < 4.78 is 10.7. The fourth-order valence-electron chi connectivity index (χ4n) is 2.94. The first-order valence-corrected chi connectivity index (χ1v) is 10.3. The van der Waals surface area contributed by atoms with Gasteiger partial charge in [0.15, 0.2) is 6.29 Å². The Morgan fingerprint density at radius 2 is 1.82 bits per heavy atom. The molecule has 0 N–H and O–H groups in total. The van der Waals surface area contributed by atoms with Crippen molar-refractivity contribution in [2.45, 2.75) is 51.2 Å². The van der Waals surface area contributed by atoms with Crippen molar-refractivity contribution in [2.24, 2.45) is 11.8 Å². The van der Waals surface area contributed by atoms with E-state index >= 15 is 0 Å². The van der Waals surface area contributed by atoms with Crippen LogP contribution in [-0.2, 0) is 9.47 Å². The highest BCUT2D eigenvalue weighted by atomic mass is 28.3. The molecular weight excluding hydrogens is 228 g/mol. The van der Waals surface area contributed by atoms with E-state index in [0.29, 0.717) is 11.8 Å². The van der Waals surface area contributed by atoms with Crippen LogP contribution in [0, 0.1) is 11.8 Å². The molecule has 1 rings (SSSR count). The first-order chi connectivity index (χ1) is 7.87. The zero-order chi connectivity index (χ0) is 13.1. The summed E-state index contributed by atoms with van der Waals surface area (Å²) in [5.74, 6) is 1.24. The van der Waals surface area contributed by atoms with Gasteiger partial charge in [0, 0.05) is 28.2 Å². The number of hydrogen-bond acceptors (Lipinski definition) is 2. The standard InChI is InChI=1S/C14H28O2Si/c1-11(10-17(4,5)6)12-7-8-13(9-12)14(15-2)16-3/h12-14H,1,7-10H2,2-6H3. The van der Waals surface area contributed by atoms with Crippen molar-refractivity contribution in [3.8, 4) is 0 Å². The summed E-state index contributed by atoms with van der Waals surface area (Å²) in [5.41, 5.74) is 1.47. The highest BCUT2D eigenvalue weighted by Crippen LogP contribution is 2.40. The van der Waals surface area contributed by atoms with Gasteiger partial charge in [-0.3, -0.25) is 0 Å². The maximum Gasteiger partial charge on any atom is 0.159 e. The van der Waals surface area contributed by atoms with Crippen LogP contribution in [0.5, 0.6) is 0 Å². The van der Waals surface area contributed by atoms with Gasteiger partial charge in [-0.05, 0) is 31.2 Å². The van der Waals surface area contributed by atoms with Gasteiger partial charge in [-0.1, -0.05) is 31.8 Å². The molecule has 1 aliphatic carbocycles. The van der Waals surface area contributed by atoms with Crippen LogP contribution in [0.4, 0.5) is 0 Å². The van der Waals surface area contributed by atoms with Gasteiger partial charge in [0.25, 0.3) is 0 Å². The highest BCUT2D eigenvalue weighted by Gasteiger charge is 2.33. The van der Waals surface area contributed by atoms with Crippen LogP contribution in [0.3, 0.4) is 0 Å². The minimum atomic E-state index is -1.02. The molecule has 2 atom stereocenters. The Balaban J connectivity index is 2.47. The maximum absolute atomic E-state index is 5.37. The van der Waals surface area contributed by atoms with Crippen molar-refractivity contribution in [1.82, 2.24) is 0 Å². The van der Waals surface area contributed by atoms with E-state index in [9.17, 15) is 0 Å². The molecule has 1 aliphatic rings. The van der Waals surface area contributed by atoms with E-state index in [1.165, 1.54) is 30.9 Å². The van der Waals surface area contributed by atoms with Crippen LogP contribution >= 0.6 is 0 Å². The minimum Gasteiger partial charge on any atom is -0.356 e. The normalized spacial score (nSPS) is 25.5. The smallest absolute Gasteiger partial charge is 0.159 e. The van der Waals surface area contributed by atoms with Crippen molar-refractivity contribution in [3.05, 3.63) is 12.2 Å². The Kier molecular flexibility index (Phi) is 5.42. The summed E-state index contributed by atoms with van der Waals surface area (Å²) in [7, 11) is 2.45. The molecule has 0 spiro atoms. The molecule has 0 radical (unpaired) electrons. The molecule has 100 valence electrons. The highest BCUT2D eigenvalue weighted by molar-refractivity contribution is 6.76. The van der Waals surface area contributed by atoms with Crippen LogP contribution in [0.25, 0.3) is 0 Å². The third kappa shape index (κ3) is 4.57. The number of ether oxygens (including phenoxy) is 2. The molecular formula is C14H28O2Si. The van der Waals surface area contributed by atoms with E-state index in [4.69, 9.17) is 9.47 Å². The minimum absolute atomic E-state index is 0.0281. The van der Waals surface area contributed by atoms with Crippen molar-refractivity contribution in [1.29, 1.82) is 0 Å². The molecule has 0 heterocycles. The summed E-state index contributed by atoms with van der Waals surface area (Å²) in [4.78, 5) is 0. The lowest BCUT2D eigenvalue weighted by molar-refractivity contribution is -0.135. The van der Waals surface area contributed by atoms with Crippen LogP contribution in [-0.4, -0.2) is 28.6 Å². The van der Waals surface area contributed by atoms with Gasteiger partial charge in [0.1, 0.15) is 0 Å². The van der Waals surface area contributed by atoms with E-state index in [2.05, 4.69) is 26.2 Å². The number of allylic oxidation sites excluding steroid dienone is 1. The number of hydrogen-bond donors (Lipinski definition) is 0. The maximum atomic E-state index is 5.37. The summed E-state index contributed by atoms with van der Waals surface area (Å²) >= 11 is 0. The predicted molar refractivity (Wildman–Crippen MR) is 75.9 cm³/mol. The lowest BCUT2D eigenvalue weighted by Crippen LogP contribution is -2.24. The quantitative estimate of drug-likeness (QED) is 0.407. The SMILES string of the molecule is C=C(C[Si](C)(C)C)C1CCC(C(OC)OC)C1. The van der Waals surface area contributed by atoms with E-state index in [0.717, 1.165) is 0 Å². The summed E-state index contributed by atoms with van der Waals surface area (Å²) in [6.07, 6.45) is 3.63. The second kappa shape index (κ2) is 6.16. The summed E-state index contributed by atoms with van der Waals surface area (Å²) in [5, 5.41) is 0. The molecule has 0 aromatic carbocycles. The Morgan fingerprint density at radius 1 is 1.24 bits per heavy atom. The monoisotopic (exact) mass is 256 g/mol. The van der Waals surface area contributed by atoms with Crippen LogP contribution in [0.1, 0.15) is 19.3 Å². The summed E-state index contributed by atoms with van der Waals surface area (Å²) in [6, 6.07) is 1.26. The van der Waals surface area contributed by atoms with Gasteiger partial charge in [-0.25, -0.2) is 0 Å². The van der Waals surface area contributed by atoms with Gasteiger partial charge in [-0.15, -0.1) is 0 Å². The summed E-state index contributed by atoms with van der Waals surface area (Å²) in [6.45, 7) is 11.6. The lowest BCUT2D eigenvalue weighted by atomic mass is 9.98. The Morgan fingerprint density at radius 3 is 2.29 bits per heavy atom. The van der Waals surface area contributed by atoms with E-state index in [1.54, 1.807) is 14.2 Å². The van der Waals surface area contributed by atoms with Gasteiger partial charge < -0.3 is 9.47 Å². The zero-order valence-corrected chi connectivity index (χ0v) is 13.1. The molecule has 0 bridgehead atoms. The second-order valence-corrected chi connectivity index (χ2v) is 12.0. The van der Waals surface area contributed by atoms with E-state index < -0.39 is 8.07 Å². The molecule has 2 nitrogen and oxygen atoms in total. The largest absolute Gasteiger partial charge is 0.356 e. The molecule has 0 saturated heterocycles. The number of rotatable bonds is 6. The Labute approximate surface area is 107 Å². The number of methoxy groups -OCH3 is 2. The molecule has 2 unspecified atom stereocenters. The first-order valence-electron chi connectivity index (χ1n) is 6.60. The fraction of sp³-hybridized carbons (Fsp3) is 0.857. The Bertz CT molecular complexity index is 253. The molecule has 17 heavy (non-hydrogen) atoms. The molecule has 3 heteroatoms. The topological polar surface area (TPSA) is 18.5 Å². The van der Waals surface area contributed by atoms with Crippen molar-refractivity contribution in [3.63, 3.8) is 0 Å². The van der Waals surface area contributed by atoms with Crippen LogP contribution in [0.2, 0.25) is 25.7 Å². The molecule has 1 saturated carbocycles. The third-order valence-electron chi connectivity index (χ3n) is 3.66. The van der Waals surface area contributed by atoms with Crippen molar-refractivity contribution < 1.29 is 9.47 Å².